The molecule has 0 radical (unpaired) electrons. The topological polar surface area (TPSA) is 99.5 Å². The third-order valence-corrected chi connectivity index (χ3v) is 7.37. The first kappa shape index (κ1) is 25.7. The molecule has 1 amide bonds. The molecule has 0 spiro atoms. The maximum absolute atomic E-state index is 12.1. The van der Waals surface area contributed by atoms with Crippen LogP contribution in [0.15, 0.2) is 55.2 Å². The quantitative estimate of drug-likeness (QED) is 0.313. The van der Waals surface area contributed by atoms with Gasteiger partial charge in [-0.1, -0.05) is 24.3 Å². The van der Waals surface area contributed by atoms with Crippen molar-refractivity contribution in [2.24, 2.45) is 7.05 Å². The molecular formula is C30H33N9O. The van der Waals surface area contributed by atoms with Gasteiger partial charge in [-0.3, -0.25) is 18.8 Å². The molecule has 0 N–H and O–H groups in total. The number of aromatic nitrogens is 8. The maximum Gasteiger partial charge on any atom is 0.243 e. The fourth-order valence-corrected chi connectivity index (χ4v) is 5.15. The van der Waals surface area contributed by atoms with Crippen LogP contribution < -0.4 is 0 Å². The highest BCUT2D eigenvalue weighted by Gasteiger charge is 2.27. The van der Waals surface area contributed by atoms with E-state index in [-0.39, 0.29) is 12.5 Å². The Balaban J connectivity index is 1.30. The number of carbonyl (C=O) groups is 1. The molecule has 1 aliphatic rings. The van der Waals surface area contributed by atoms with E-state index in [0.717, 1.165) is 69.1 Å². The van der Waals surface area contributed by atoms with E-state index in [1.807, 2.05) is 35.0 Å². The molecule has 204 valence electrons. The van der Waals surface area contributed by atoms with Gasteiger partial charge in [0.2, 0.25) is 5.91 Å². The Bertz CT molecular complexity index is 1690. The minimum atomic E-state index is -0.00465. The smallest absolute Gasteiger partial charge is 0.243 e. The van der Waals surface area contributed by atoms with Crippen LogP contribution >= 0.6 is 0 Å². The Morgan fingerprint density at radius 2 is 1.75 bits per heavy atom. The summed E-state index contributed by atoms with van der Waals surface area (Å²) in [4.78, 5) is 23.3. The third-order valence-electron chi connectivity index (χ3n) is 7.37. The zero-order valence-corrected chi connectivity index (χ0v) is 23.5. The summed E-state index contributed by atoms with van der Waals surface area (Å²) in [7, 11) is 5.48. The number of benzene rings is 1. The Labute approximate surface area is 233 Å². The predicted octanol–water partition coefficient (Wildman–Crippen LogP) is 3.96. The van der Waals surface area contributed by atoms with Crippen LogP contribution in [0.4, 0.5) is 0 Å². The normalized spacial score (nSPS) is 12.4. The minimum absolute atomic E-state index is 0.00465. The first-order valence-electron chi connectivity index (χ1n) is 13.5. The molecule has 4 aromatic heterocycles. The zero-order chi connectivity index (χ0) is 28.0. The van der Waals surface area contributed by atoms with Crippen LogP contribution in [-0.4, -0.2) is 64.2 Å². The van der Waals surface area contributed by atoms with Crippen LogP contribution in [0, 0.1) is 0 Å². The number of amides is 1. The van der Waals surface area contributed by atoms with Crippen LogP contribution in [-0.2, 0) is 37.6 Å². The molecule has 0 saturated heterocycles. The number of rotatable bonds is 7. The number of hydrogen-bond donors (Lipinski definition) is 0. The van der Waals surface area contributed by atoms with Gasteiger partial charge in [0.15, 0.2) is 0 Å². The van der Waals surface area contributed by atoms with Gasteiger partial charge in [-0.15, -0.1) is 0 Å². The SMILES string of the molecule is CC(C)n1cc(-c2ccc(-c3c4c(nn3C)CCc3cnc(Cc5cnn(CC(=O)N(C)C)c5)nc3-4)cc2)cn1. The molecule has 40 heavy (non-hydrogen) atoms. The number of likely N-dealkylation sites (N-methyl/N-ethyl adjacent to an activating group) is 1. The molecule has 1 aliphatic carbocycles. The highest BCUT2D eigenvalue weighted by molar-refractivity contribution is 5.84. The molecule has 0 aliphatic heterocycles. The maximum atomic E-state index is 12.1. The van der Waals surface area contributed by atoms with Gasteiger partial charge in [0.1, 0.15) is 12.4 Å². The summed E-state index contributed by atoms with van der Waals surface area (Å²) >= 11 is 0. The Kier molecular flexibility index (Phi) is 6.53. The molecule has 10 nitrogen and oxygen atoms in total. The molecule has 0 unspecified atom stereocenters. The summed E-state index contributed by atoms with van der Waals surface area (Å²) < 4.78 is 5.60. The van der Waals surface area contributed by atoms with E-state index in [4.69, 9.17) is 10.1 Å². The Hall–Kier alpha value is -4.60. The van der Waals surface area contributed by atoms with E-state index in [1.165, 1.54) is 0 Å². The van der Waals surface area contributed by atoms with Gasteiger partial charge >= 0.3 is 0 Å². The van der Waals surface area contributed by atoms with Crippen molar-refractivity contribution in [1.29, 1.82) is 0 Å². The first-order chi connectivity index (χ1) is 19.3. The molecule has 1 aromatic carbocycles. The van der Waals surface area contributed by atoms with Gasteiger partial charge in [-0.25, -0.2) is 9.97 Å². The third kappa shape index (κ3) is 4.81. The molecule has 0 saturated carbocycles. The van der Waals surface area contributed by atoms with Crippen LogP contribution in [0.2, 0.25) is 0 Å². The molecule has 0 atom stereocenters. The second-order valence-corrected chi connectivity index (χ2v) is 10.8. The summed E-state index contributed by atoms with van der Waals surface area (Å²) in [6, 6.07) is 8.91. The van der Waals surface area contributed by atoms with E-state index in [0.29, 0.717) is 12.5 Å². The van der Waals surface area contributed by atoms with Crippen molar-refractivity contribution in [1.82, 2.24) is 44.2 Å². The molecule has 4 heterocycles. The summed E-state index contributed by atoms with van der Waals surface area (Å²) in [5.74, 6) is 0.715. The lowest BCUT2D eigenvalue weighted by Crippen LogP contribution is -2.26. The van der Waals surface area contributed by atoms with Crippen molar-refractivity contribution in [3.63, 3.8) is 0 Å². The van der Waals surface area contributed by atoms with Crippen molar-refractivity contribution >= 4 is 5.91 Å². The lowest BCUT2D eigenvalue weighted by molar-refractivity contribution is -0.129. The van der Waals surface area contributed by atoms with Crippen LogP contribution in [0.1, 0.15) is 42.5 Å². The number of aryl methyl sites for hydroxylation is 3. The second kappa shape index (κ2) is 10.2. The molecule has 0 bridgehead atoms. The molecule has 6 rings (SSSR count). The molecule has 5 aromatic rings. The highest BCUT2D eigenvalue weighted by atomic mass is 16.2. The fourth-order valence-electron chi connectivity index (χ4n) is 5.15. The number of nitrogens with zero attached hydrogens (tertiary/aromatic N) is 9. The van der Waals surface area contributed by atoms with Crippen LogP contribution in [0.25, 0.3) is 33.6 Å². The van der Waals surface area contributed by atoms with Crippen molar-refractivity contribution in [2.45, 2.75) is 45.7 Å². The minimum Gasteiger partial charge on any atom is -0.347 e. The van der Waals surface area contributed by atoms with E-state index in [1.54, 1.807) is 29.9 Å². The first-order valence-corrected chi connectivity index (χ1v) is 13.5. The standard InChI is InChI=1S/C30H33N9O/c1-19(2)39-17-24(15-33-39)21-6-8-22(9-7-21)30-28-25(35-37(30)5)11-10-23-14-31-26(34-29(23)28)12-20-13-32-38(16-20)18-27(40)36(3)4/h6-9,13-17,19H,10-12,18H2,1-5H3. The monoisotopic (exact) mass is 535 g/mol. The van der Waals surface area contributed by atoms with Gasteiger partial charge in [0.25, 0.3) is 0 Å². The predicted molar refractivity (Wildman–Crippen MR) is 152 cm³/mol. The summed E-state index contributed by atoms with van der Waals surface area (Å²) in [6.45, 7) is 4.46. The Morgan fingerprint density at radius 1 is 0.975 bits per heavy atom. The summed E-state index contributed by atoms with van der Waals surface area (Å²) in [5, 5.41) is 13.7. The van der Waals surface area contributed by atoms with Crippen molar-refractivity contribution in [2.75, 3.05) is 14.1 Å². The Morgan fingerprint density at radius 3 is 2.48 bits per heavy atom. The average Bonchev–Trinajstić information content (AvgIpc) is 3.67. The summed E-state index contributed by atoms with van der Waals surface area (Å²) in [6.07, 6.45) is 11.9. The van der Waals surface area contributed by atoms with Crippen LogP contribution in [0.5, 0.6) is 0 Å². The van der Waals surface area contributed by atoms with Gasteiger partial charge in [0, 0.05) is 68.9 Å². The fraction of sp³-hybridized carbons (Fsp3) is 0.333. The zero-order valence-electron chi connectivity index (χ0n) is 23.5. The van der Waals surface area contributed by atoms with Gasteiger partial charge in [-0.2, -0.15) is 15.3 Å². The van der Waals surface area contributed by atoms with Crippen molar-refractivity contribution in [3.05, 3.63) is 77.9 Å². The van der Waals surface area contributed by atoms with Crippen molar-refractivity contribution < 1.29 is 4.79 Å². The lowest BCUT2D eigenvalue weighted by atomic mass is 9.91. The number of fused-ring (bicyclic) bond motifs is 3. The van der Waals surface area contributed by atoms with Gasteiger partial charge in [-0.05, 0) is 43.4 Å². The highest BCUT2D eigenvalue weighted by Crippen LogP contribution is 2.39. The molecule has 0 fully saturated rings. The van der Waals surface area contributed by atoms with E-state index < -0.39 is 0 Å². The lowest BCUT2D eigenvalue weighted by Gasteiger charge is -2.16. The second-order valence-electron chi connectivity index (χ2n) is 10.8. The number of carbonyl (C=O) groups excluding carboxylic acids is 1. The van der Waals surface area contributed by atoms with E-state index in [2.05, 4.69) is 59.5 Å². The van der Waals surface area contributed by atoms with Gasteiger partial charge < -0.3 is 4.90 Å². The summed E-state index contributed by atoms with van der Waals surface area (Å²) in [5.41, 5.74) is 9.57. The number of hydrogen-bond acceptors (Lipinski definition) is 6. The van der Waals surface area contributed by atoms with E-state index in [9.17, 15) is 4.79 Å². The van der Waals surface area contributed by atoms with Gasteiger partial charge in [0.05, 0.1) is 29.5 Å². The molecular weight excluding hydrogens is 502 g/mol. The van der Waals surface area contributed by atoms with Crippen molar-refractivity contribution in [3.8, 4) is 33.6 Å². The van der Waals surface area contributed by atoms with E-state index >= 15 is 0 Å². The van der Waals surface area contributed by atoms with Crippen LogP contribution in [0.3, 0.4) is 0 Å². The average molecular weight is 536 g/mol. The molecule has 10 heteroatoms. The largest absolute Gasteiger partial charge is 0.347 e.